The van der Waals surface area contributed by atoms with E-state index in [0.717, 1.165) is 19.5 Å². The predicted molar refractivity (Wildman–Crippen MR) is 65.4 cm³/mol. The molecule has 3 rings (SSSR count). The zero-order valence-electron chi connectivity index (χ0n) is 10.9. The van der Waals surface area contributed by atoms with Crippen molar-refractivity contribution in [1.82, 2.24) is 10.1 Å². The zero-order chi connectivity index (χ0) is 12.3. The largest absolute Gasteiger partial charge is 0.762 e. The maximum Gasteiger partial charge on any atom is 0.0390 e. The SMILES string of the molecule is CC1(C)CCC[C@@]12CCN1CC[C@@H](N([O-])O)[C@@H]12. The summed E-state index contributed by atoms with van der Waals surface area (Å²) in [5.74, 6) is 0. The van der Waals surface area contributed by atoms with Crippen LogP contribution in [0.3, 0.4) is 0 Å². The van der Waals surface area contributed by atoms with Crippen LogP contribution in [0.15, 0.2) is 0 Å². The van der Waals surface area contributed by atoms with Gasteiger partial charge in [-0.2, -0.15) is 0 Å². The second kappa shape index (κ2) is 3.67. The molecule has 1 aliphatic carbocycles. The number of hydrogen-bond acceptors (Lipinski definition) is 4. The summed E-state index contributed by atoms with van der Waals surface area (Å²) in [6.07, 6.45) is 5.78. The molecular formula is C13H23N2O2-. The molecule has 1 spiro atoms. The van der Waals surface area contributed by atoms with E-state index in [9.17, 15) is 10.4 Å². The van der Waals surface area contributed by atoms with Crippen molar-refractivity contribution in [2.24, 2.45) is 10.8 Å². The Morgan fingerprint density at radius 3 is 2.59 bits per heavy atom. The van der Waals surface area contributed by atoms with E-state index in [1.54, 1.807) is 0 Å². The van der Waals surface area contributed by atoms with Gasteiger partial charge >= 0.3 is 0 Å². The minimum atomic E-state index is -0.199. The van der Waals surface area contributed by atoms with Gasteiger partial charge in [0.2, 0.25) is 0 Å². The molecule has 3 aliphatic rings. The van der Waals surface area contributed by atoms with Crippen LogP contribution in [0.4, 0.5) is 0 Å². The molecule has 0 aromatic carbocycles. The summed E-state index contributed by atoms with van der Waals surface area (Å²) >= 11 is 0. The highest BCUT2D eigenvalue weighted by molar-refractivity contribution is 5.14. The summed E-state index contributed by atoms with van der Waals surface area (Å²) in [5.41, 5.74) is 0.574. The molecule has 4 heteroatoms. The molecular weight excluding hydrogens is 216 g/mol. The highest BCUT2D eigenvalue weighted by Gasteiger charge is 2.61. The normalized spacial score (nSPS) is 45.0. The molecule has 2 aliphatic heterocycles. The first-order valence-corrected chi connectivity index (χ1v) is 6.87. The molecule has 2 saturated heterocycles. The second-order valence-electron chi connectivity index (χ2n) is 6.78. The molecule has 1 saturated carbocycles. The first kappa shape index (κ1) is 11.9. The number of fused-ring (bicyclic) bond motifs is 2. The van der Waals surface area contributed by atoms with Gasteiger partial charge in [0.05, 0.1) is 0 Å². The van der Waals surface area contributed by atoms with Crippen LogP contribution in [0, 0.1) is 16.0 Å². The summed E-state index contributed by atoms with van der Waals surface area (Å²) < 4.78 is 0. The Morgan fingerprint density at radius 1 is 1.24 bits per heavy atom. The molecule has 0 radical (unpaired) electrons. The van der Waals surface area contributed by atoms with E-state index in [1.165, 1.54) is 25.7 Å². The Labute approximate surface area is 103 Å². The number of hydrogen-bond donors (Lipinski definition) is 1. The molecule has 1 N–H and O–H groups in total. The summed E-state index contributed by atoms with van der Waals surface area (Å²) in [7, 11) is 0. The Kier molecular flexibility index (Phi) is 2.57. The van der Waals surface area contributed by atoms with E-state index in [0.29, 0.717) is 5.41 Å². The molecule has 0 bridgehead atoms. The van der Waals surface area contributed by atoms with Crippen LogP contribution < -0.4 is 0 Å². The van der Waals surface area contributed by atoms with Gasteiger partial charge in [0.25, 0.3) is 0 Å². The molecule has 0 amide bonds. The molecule has 4 nitrogen and oxygen atoms in total. The van der Waals surface area contributed by atoms with Crippen molar-refractivity contribution in [2.45, 2.75) is 58.0 Å². The van der Waals surface area contributed by atoms with Crippen molar-refractivity contribution in [1.29, 1.82) is 0 Å². The van der Waals surface area contributed by atoms with E-state index in [-0.39, 0.29) is 22.7 Å². The fourth-order valence-corrected chi connectivity index (χ4v) is 4.97. The maximum absolute atomic E-state index is 11.4. The monoisotopic (exact) mass is 239 g/mol. The number of rotatable bonds is 1. The zero-order valence-corrected chi connectivity index (χ0v) is 10.9. The third-order valence-electron chi connectivity index (χ3n) is 5.94. The maximum atomic E-state index is 11.4. The average Bonchev–Trinajstić information content (AvgIpc) is 2.84. The molecule has 0 aromatic rings. The van der Waals surface area contributed by atoms with Crippen LogP contribution in [0.1, 0.15) is 46.0 Å². The van der Waals surface area contributed by atoms with Crippen LogP contribution in [0.2, 0.25) is 0 Å². The summed E-state index contributed by atoms with van der Waals surface area (Å²) in [4.78, 5) is 2.44. The van der Waals surface area contributed by atoms with Crippen LogP contribution in [-0.2, 0) is 0 Å². The van der Waals surface area contributed by atoms with Crippen molar-refractivity contribution in [3.05, 3.63) is 5.21 Å². The Morgan fingerprint density at radius 2 is 2.00 bits per heavy atom. The van der Waals surface area contributed by atoms with Gasteiger partial charge in [0, 0.05) is 18.6 Å². The Balaban J connectivity index is 1.96. The van der Waals surface area contributed by atoms with Gasteiger partial charge in [-0.05, 0) is 43.1 Å². The van der Waals surface area contributed by atoms with Crippen molar-refractivity contribution in [2.75, 3.05) is 13.1 Å². The fourth-order valence-electron chi connectivity index (χ4n) is 4.97. The van der Waals surface area contributed by atoms with Crippen molar-refractivity contribution in [3.8, 4) is 0 Å². The van der Waals surface area contributed by atoms with Crippen LogP contribution in [0.25, 0.3) is 0 Å². The smallest absolute Gasteiger partial charge is 0.0390 e. The molecule has 17 heavy (non-hydrogen) atoms. The third kappa shape index (κ3) is 1.44. The van der Waals surface area contributed by atoms with Gasteiger partial charge in [-0.15, -0.1) is 0 Å². The van der Waals surface area contributed by atoms with E-state index < -0.39 is 0 Å². The lowest BCUT2D eigenvalue weighted by atomic mass is 9.62. The van der Waals surface area contributed by atoms with E-state index in [4.69, 9.17) is 0 Å². The molecule has 98 valence electrons. The van der Waals surface area contributed by atoms with Crippen molar-refractivity contribution in [3.63, 3.8) is 0 Å². The predicted octanol–water partition coefficient (Wildman–Crippen LogP) is 2.22. The van der Waals surface area contributed by atoms with Gasteiger partial charge in [-0.1, -0.05) is 20.3 Å². The average molecular weight is 239 g/mol. The van der Waals surface area contributed by atoms with Crippen LogP contribution in [-0.4, -0.2) is 40.5 Å². The first-order valence-electron chi connectivity index (χ1n) is 6.87. The van der Waals surface area contributed by atoms with E-state index in [2.05, 4.69) is 18.7 Å². The van der Waals surface area contributed by atoms with Gasteiger partial charge in [-0.25, -0.2) is 0 Å². The Bertz CT molecular complexity index is 319. The van der Waals surface area contributed by atoms with E-state index >= 15 is 0 Å². The van der Waals surface area contributed by atoms with Gasteiger partial charge < -0.3 is 10.4 Å². The molecule has 2 heterocycles. The summed E-state index contributed by atoms with van der Waals surface area (Å²) in [5, 5.41) is 21.0. The van der Waals surface area contributed by atoms with Crippen LogP contribution >= 0.6 is 0 Å². The van der Waals surface area contributed by atoms with Gasteiger partial charge in [0.15, 0.2) is 0 Å². The minimum Gasteiger partial charge on any atom is -0.762 e. The van der Waals surface area contributed by atoms with Gasteiger partial charge in [0.1, 0.15) is 0 Å². The minimum absolute atomic E-state index is 0.199. The molecule has 0 aromatic heterocycles. The van der Waals surface area contributed by atoms with E-state index in [1.807, 2.05) is 0 Å². The summed E-state index contributed by atoms with van der Waals surface area (Å²) in [6, 6.07) is 0.0809. The Hall–Kier alpha value is -0.160. The second-order valence-corrected chi connectivity index (χ2v) is 6.78. The standard InChI is InChI=1S/C13H23N2O2/c1-12(2)5-3-6-13(12)7-9-14-8-4-10(11(13)14)15(16)17/h10-11,16H,3-9H2,1-2H3/q-1/t10-,11-,13+/m1/s1. The van der Waals surface area contributed by atoms with Gasteiger partial charge in [-0.3, -0.25) is 10.1 Å². The number of nitrogens with zero attached hydrogens (tertiary/aromatic N) is 2. The lowest BCUT2D eigenvalue weighted by molar-refractivity contribution is -0.105. The fraction of sp³-hybridized carbons (Fsp3) is 1.00. The molecule has 0 unspecified atom stereocenters. The lowest BCUT2D eigenvalue weighted by Gasteiger charge is -2.47. The quantitative estimate of drug-likeness (QED) is 0.713. The third-order valence-corrected chi connectivity index (χ3v) is 5.94. The number of hydroxylamine groups is 2. The highest BCUT2D eigenvalue weighted by atomic mass is 16.8. The first-order chi connectivity index (χ1) is 7.98. The summed E-state index contributed by atoms with van der Waals surface area (Å²) in [6.45, 7) is 6.79. The highest BCUT2D eigenvalue weighted by Crippen LogP contribution is 2.62. The topological polar surface area (TPSA) is 49.8 Å². The van der Waals surface area contributed by atoms with Crippen molar-refractivity contribution >= 4 is 0 Å². The van der Waals surface area contributed by atoms with Crippen LogP contribution in [0.5, 0.6) is 0 Å². The lowest BCUT2D eigenvalue weighted by Crippen LogP contribution is -2.51. The molecule has 3 atom stereocenters. The van der Waals surface area contributed by atoms with Crippen molar-refractivity contribution < 1.29 is 5.21 Å². The molecule has 3 fully saturated rings.